The third kappa shape index (κ3) is 3.09. The highest BCUT2D eigenvalue weighted by molar-refractivity contribution is 5.48. The van der Waals surface area contributed by atoms with E-state index in [0.29, 0.717) is 6.04 Å². The number of benzene rings is 1. The summed E-state index contributed by atoms with van der Waals surface area (Å²) in [4.78, 5) is 0. The number of rotatable bonds is 5. The van der Waals surface area contributed by atoms with Gasteiger partial charge >= 0.3 is 0 Å². The lowest BCUT2D eigenvalue weighted by Gasteiger charge is -2.17. The summed E-state index contributed by atoms with van der Waals surface area (Å²) >= 11 is 0. The fraction of sp³-hybridized carbons (Fsp3) is 0.438. The largest absolute Gasteiger partial charge is 0.398 e. The fourth-order valence-corrected chi connectivity index (χ4v) is 3.15. The molecule has 1 aliphatic carbocycles. The summed E-state index contributed by atoms with van der Waals surface area (Å²) in [6, 6.07) is 10.5. The highest BCUT2D eigenvalue weighted by atomic mass is 15.3. The number of para-hydroxylation sites is 1. The van der Waals surface area contributed by atoms with Crippen LogP contribution in [0.2, 0.25) is 0 Å². The van der Waals surface area contributed by atoms with Crippen LogP contribution < -0.4 is 17.0 Å². The van der Waals surface area contributed by atoms with E-state index in [9.17, 15) is 0 Å². The van der Waals surface area contributed by atoms with E-state index in [4.69, 9.17) is 16.7 Å². The second-order valence-electron chi connectivity index (χ2n) is 5.78. The van der Waals surface area contributed by atoms with Crippen molar-refractivity contribution in [3.05, 3.63) is 47.8 Å². The molecule has 3 rings (SSSR count). The van der Waals surface area contributed by atoms with Gasteiger partial charge in [-0.2, -0.15) is 5.10 Å². The highest BCUT2D eigenvalue weighted by Crippen LogP contribution is 2.29. The second kappa shape index (κ2) is 6.28. The Bertz CT molecular complexity index is 586. The topological polar surface area (TPSA) is 81.9 Å². The molecule has 5 N–H and O–H groups in total. The van der Waals surface area contributed by atoms with Crippen LogP contribution >= 0.6 is 0 Å². The molecule has 1 unspecified atom stereocenters. The van der Waals surface area contributed by atoms with Gasteiger partial charge in [-0.1, -0.05) is 31.0 Å². The first kappa shape index (κ1) is 14.1. The van der Waals surface area contributed by atoms with Crippen molar-refractivity contribution >= 4 is 5.69 Å². The lowest BCUT2D eigenvalue weighted by Crippen LogP contribution is -2.30. The highest BCUT2D eigenvalue weighted by Gasteiger charge is 2.19. The summed E-state index contributed by atoms with van der Waals surface area (Å²) in [6.07, 6.45) is 7.94. The van der Waals surface area contributed by atoms with Gasteiger partial charge in [0.2, 0.25) is 0 Å². The van der Waals surface area contributed by atoms with Crippen LogP contribution in [0.15, 0.2) is 36.5 Å². The Hall–Kier alpha value is -1.85. The number of hydrazine groups is 1. The standard InChI is InChI=1S/C16H23N5/c17-15-8-4-3-7-14(15)16(19-18)11-12-9-10-21(20-12)13-5-1-2-6-13/h3-4,7-10,13,16,19H,1-2,5-6,11,17-18H2. The smallest absolute Gasteiger partial charge is 0.0644 e. The quantitative estimate of drug-likeness (QED) is 0.447. The molecular weight excluding hydrogens is 262 g/mol. The molecule has 1 aromatic carbocycles. The first-order valence-corrected chi connectivity index (χ1v) is 7.62. The molecule has 1 heterocycles. The van der Waals surface area contributed by atoms with Crippen LogP contribution in [0.3, 0.4) is 0 Å². The van der Waals surface area contributed by atoms with Gasteiger partial charge in [-0.05, 0) is 30.5 Å². The van der Waals surface area contributed by atoms with Crippen molar-refractivity contribution in [3.8, 4) is 0 Å². The molecule has 0 radical (unpaired) electrons. The number of hydrogen-bond donors (Lipinski definition) is 3. The molecule has 2 aromatic rings. The van der Waals surface area contributed by atoms with Gasteiger partial charge in [-0.25, -0.2) is 0 Å². The molecule has 1 saturated carbocycles. The van der Waals surface area contributed by atoms with Gasteiger partial charge in [0.25, 0.3) is 0 Å². The summed E-state index contributed by atoms with van der Waals surface area (Å²) in [5, 5.41) is 4.72. The number of nitrogens with one attached hydrogen (secondary N) is 1. The van der Waals surface area contributed by atoms with Crippen LogP contribution in [0, 0.1) is 0 Å². The molecule has 5 nitrogen and oxygen atoms in total. The molecule has 0 bridgehead atoms. The van der Waals surface area contributed by atoms with Crippen molar-refractivity contribution in [1.82, 2.24) is 15.2 Å². The minimum absolute atomic E-state index is 0.0156. The van der Waals surface area contributed by atoms with Crippen LogP contribution in [0.4, 0.5) is 5.69 Å². The third-order valence-electron chi connectivity index (χ3n) is 4.35. The van der Waals surface area contributed by atoms with Gasteiger partial charge in [0.1, 0.15) is 0 Å². The fourth-order valence-electron chi connectivity index (χ4n) is 3.15. The Morgan fingerprint density at radius 2 is 2.00 bits per heavy atom. The van der Waals surface area contributed by atoms with Gasteiger partial charge in [0.15, 0.2) is 0 Å². The minimum atomic E-state index is -0.0156. The lowest BCUT2D eigenvalue weighted by molar-refractivity contribution is 0.457. The maximum atomic E-state index is 6.03. The van der Waals surface area contributed by atoms with E-state index in [-0.39, 0.29) is 6.04 Å². The maximum absolute atomic E-state index is 6.03. The monoisotopic (exact) mass is 285 g/mol. The molecule has 21 heavy (non-hydrogen) atoms. The summed E-state index contributed by atoms with van der Waals surface area (Å²) in [7, 11) is 0. The zero-order chi connectivity index (χ0) is 14.7. The van der Waals surface area contributed by atoms with Crippen LogP contribution in [-0.2, 0) is 6.42 Å². The van der Waals surface area contributed by atoms with E-state index < -0.39 is 0 Å². The van der Waals surface area contributed by atoms with E-state index in [1.165, 1.54) is 25.7 Å². The Labute approximate surface area is 125 Å². The van der Waals surface area contributed by atoms with Gasteiger partial charge in [-0.3, -0.25) is 16.0 Å². The molecule has 1 fully saturated rings. The molecule has 1 aliphatic rings. The minimum Gasteiger partial charge on any atom is -0.398 e. The van der Waals surface area contributed by atoms with Crippen LogP contribution in [0.5, 0.6) is 0 Å². The van der Waals surface area contributed by atoms with Crippen LogP contribution in [-0.4, -0.2) is 9.78 Å². The molecule has 0 amide bonds. The maximum Gasteiger partial charge on any atom is 0.0644 e. The SMILES string of the molecule is NNC(Cc1ccn(C2CCCC2)n1)c1ccccc1N. The molecule has 5 heteroatoms. The van der Waals surface area contributed by atoms with Crippen LogP contribution in [0.1, 0.15) is 49.0 Å². The summed E-state index contributed by atoms with van der Waals surface area (Å²) in [6.45, 7) is 0. The Balaban J connectivity index is 1.74. The van der Waals surface area contributed by atoms with E-state index in [1.54, 1.807) is 0 Å². The van der Waals surface area contributed by atoms with Crippen molar-refractivity contribution in [2.45, 2.75) is 44.2 Å². The number of anilines is 1. The Morgan fingerprint density at radius 1 is 1.24 bits per heavy atom. The van der Waals surface area contributed by atoms with Crippen molar-refractivity contribution in [2.75, 3.05) is 5.73 Å². The summed E-state index contributed by atoms with van der Waals surface area (Å²) < 4.78 is 2.12. The van der Waals surface area contributed by atoms with Gasteiger partial charge < -0.3 is 5.73 Å². The second-order valence-corrected chi connectivity index (χ2v) is 5.78. The van der Waals surface area contributed by atoms with E-state index in [2.05, 4.69) is 22.4 Å². The normalized spacial score (nSPS) is 17.2. The van der Waals surface area contributed by atoms with Gasteiger partial charge in [-0.15, -0.1) is 0 Å². The number of nitrogen functional groups attached to an aromatic ring is 1. The summed E-state index contributed by atoms with van der Waals surface area (Å²) in [5.74, 6) is 5.71. The Kier molecular flexibility index (Phi) is 4.22. The van der Waals surface area contributed by atoms with E-state index in [1.807, 2.05) is 24.3 Å². The molecule has 1 atom stereocenters. The molecule has 0 saturated heterocycles. The zero-order valence-electron chi connectivity index (χ0n) is 12.2. The lowest BCUT2D eigenvalue weighted by atomic mass is 10.0. The number of aromatic nitrogens is 2. The van der Waals surface area contributed by atoms with Crippen molar-refractivity contribution in [2.24, 2.45) is 5.84 Å². The molecule has 0 aliphatic heterocycles. The average molecular weight is 285 g/mol. The number of nitrogens with two attached hydrogens (primary N) is 2. The number of nitrogens with zero attached hydrogens (tertiary/aromatic N) is 2. The number of hydrogen-bond acceptors (Lipinski definition) is 4. The van der Waals surface area contributed by atoms with Gasteiger partial charge in [0, 0.05) is 18.3 Å². The molecule has 0 spiro atoms. The van der Waals surface area contributed by atoms with Crippen molar-refractivity contribution in [3.63, 3.8) is 0 Å². The van der Waals surface area contributed by atoms with E-state index >= 15 is 0 Å². The average Bonchev–Trinajstić information content (AvgIpc) is 3.16. The zero-order valence-corrected chi connectivity index (χ0v) is 12.2. The third-order valence-corrected chi connectivity index (χ3v) is 4.35. The first-order valence-electron chi connectivity index (χ1n) is 7.62. The molecule has 112 valence electrons. The van der Waals surface area contributed by atoms with Crippen molar-refractivity contribution < 1.29 is 0 Å². The van der Waals surface area contributed by atoms with Crippen LogP contribution in [0.25, 0.3) is 0 Å². The van der Waals surface area contributed by atoms with Crippen molar-refractivity contribution in [1.29, 1.82) is 0 Å². The predicted octanol–water partition coefficient (Wildman–Crippen LogP) is 2.33. The molecule has 1 aromatic heterocycles. The Morgan fingerprint density at radius 3 is 2.71 bits per heavy atom. The predicted molar refractivity (Wildman–Crippen MR) is 84.4 cm³/mol. The first-order chi connectivity index (χ1) is 10.3. The summed E-state index contributed by atoms with van der Waals surface area (Å²) in [5.41, 5.74) is 11.7. The van der Waals surface area contributed by atoms with Gasteiger partial charge in [0.05, 0.1) is 17.8 Å². The molecular formula is C16H23N5. The van der Waals surface area contributed by atoms with E-state index in [0.717, 1.165) is 23.4 Å².